The van der Waals surface area contributed by atoms with Crippen molar-refractivity contribution in [3.8, 4) is 0 Å². The molecule has 0 saturated heterocycles. The van der Waals surface area contributed by atoms with Gasteiger partial charge in [0.15, 0.2) is 0 Å². The summed E-state index contributed by atoms with van der Waals surface area (Å²) in [5.74, 6) is -0.392. The Bertz CT molecular complexity index is 215. The second-order valence-electron chi connectivity index (χ2n) is 1.22. The standard InChI is InChI=1S/C5H5N3O3/c1-2-11-8-5(6-3-9)7-4-10/h2H2,1H3. The van der Waals surface area contributed by atoms with Crippen LogP contribution in [0.1, 0.15) is 6.92 Å². The molecule has 0 aromatic carbocycles. The number of nitrogens with zero attached hydrogens (tertiary/aromatic N) is 3. The lowest BCUT2D eigenvalue weighted by Crippen LogP contribution is -1.90. The molecule has 0 amide bonds. The zero-order valence-corrected chi connectivity index (χ0v) is 5.77. The average molecular weight is 155 g/mol. The lowest BCUT2D eigenvalue weighted by atomic mass is 10.9. The number of hydrogen-bond donors (Lipinski definition) is 0. The molecular weight excluding hydrogens is 150 g/mol. The van der Waals surface area contributed by atoms with Crippen LogP contribution < -0.4 is 0 Å². The number of rotatable bonds is 2. The van der Waals surface area contributed by atoms with Crippen molar-refractivity contribution in [1.82, 2.24) is 0 Å². The van der Waals surface area contributed by atoms with E-state index >= 15 is 0 Å². The Morgan fingerprint density at radius 1 is 1.36 bits per heavy atom. The lowest BCUT2D eigenvalue weighted by molar-refractivity contribution is 0.158. The molecule has 0 radical (unpaired) electrons. The van der Waals surface area contributed by atoms with Gasteiger partial charge in [0.1, 0.15) is 6.61 Å². The van der Waals surface area contributed by atoms with Crippen molar-refractivity contribution in [2.75, 3.05) is 6.61 Å². The average Bonchev–Trinajstić information content (AvgIpc) is 2.01. The van der Waals surface area contributed by atoms with Crippen molar-refractivity contribution < 1.29 is 14.4 Å². The maximum Gasteiger partial charge on any atom is 0.307 e. The van der Waals surface area contributed by atoms with E-state index in [0.717, 1.165) is 12.2 Å². The third-order valence-corrected chi connectivity index (χ3v) is 0.567. The predicted molar refractivity (Wildman–Crippen MR) is 35.3 cm³/mol. The highest BCUT2D eigenvalue weighted by Crippen LogP contribution is 1.82. The van der Waals surface area contributed by atoms with Gasteiger partial charge in [-0.25, -0.2) is 9.59 Å². The molecule has 0 heterocycles. The molecule has 11 heavy (non-hydrogen) atoms. The number of isocyanates is 2. The van der Waals surface area contributed by atoms with Gasteiger partial charge in [0.05, 0.1) is 0 Å². The van der Waals surface area contributed by atoms with Crippen molar-refractivity contribution in [3.05, 3.63) is 0 Å². The predicted octanol–water partition coefficient (Wildman–Crippen LogP) is -0.0345. The molecule has 58 valence electrons. The van der Waals surface area contributed by atoms with Crippen LogP contribution in [0.25, 0.3) is 0 Å². The molecule has 6 nitrogen and oxygen atoms in total. The molecular formula is C5H5N3O3. The van der Waals surface area contributed by atoms with Gasteiger partial charge < -0.3 is 4.84 Å². The fourth-order valence-electron chi connectivity index (χ4n) is 0.270. The monoisotopic (exact) mass is 155 g/mol. The molecule has 0 saturated carbocycles. The van der Waals surface area contributed by atoms with Crippen LogP contribution in [0.3, 0.4) is 0 Å². The number of oxime groups is 1. The van der Waals surface area contributed by atoms with Gasteiger partial charge in [-0.1, -0.05) is 0 Å². The number of carbonyl (C=O) groups excluding carboxylic acids is 2. The number of guanidine groups is 1. The molecule has 0 aliphatic carbocycles. The van der Waals surface area contributed by atoms with Crippen LogP contribution in [0.15, 0.2) is 15.1 Å². The summed E-state index contributed by atoms with van der Waals surface area (Å²) in [7, 11) is 0. The van der Waals surface area contributed by atoms with Gasteiger partial charge in [-0.3, -0.25) is 0 Å². The van der Waals surface area contributed by atoms with Gasteiger partial charge >= 0.3 is 5.96 Å². The molecule has 0 atom stereocenters. The van der Waals surface area contributed by atoms with Crippen LogP contribution in [0.5, 0.6) is 0 Å². The van der Waals surface area contributed by atoms with Gasteiger partial charge in [0, 0.05) is 0 Å². The van der Waals surface area contributed by atoms with E-state index in [1.54, 1.807) is 6.92 Å². The summed E-state index contributed by atoms with van der Waals surface area (Å²) in [6.07, 6.45) is 2.31. The van der Waals surface area contributed by atoms with Crippen LogP contribution in [-0.2, 0) is 14.4 Å². The summed E-state index contributed by atoms with van der Waals surface area (Å²) in [5, 5.41) is 3.18. The normalized spacial score (nSPS) is 7.00. The van der Waals surface area contributed by atoms with E-state index in [9.17, 15) is 9.59 Å². The highest BCUT2D eigenvalue weighted by atomic mass is 16.6. The van der Waals surface area contributed by atoms with Crippen LogP contribution in [0.4, 0.5) is 0 Å². The molecule has 0 aromatic heterocycles. The first kappa shape index (κ1) is 9.23. The molecule has 0 rings (SSSR count). The largest absolute Gasteiger partial charge is 0.393 e. The van der Waals surface area contributed by atoms with Gasteiger partial charge in [-0.05, 0) is 12.1 Å². The summed E-state index contributed by atoms with van der Waals surface area (Å²) in [6, 6.07) is 0. The minimum absolute atomic E-state index is 0.298. The second-order valence-corrected chi connectivity index (χ2v) is 1.22. The zero-order chi connectivity index (χ0) is 8.53. The highest BCUT2D eigenvalue weighted by molar-refractivity contribution is 5.88. The maximum atomic E-state index is 9.64. The fourth-order valence-corrected chi connectivity index (χ4v) is 0.270. The molecule has 0 aliphatic rings. The molecule has 0 aliphatic heterocycles. The summed E-state index contributed by atoms with van der Waals surface area (Å²) in [6.45, 7) is 1.97. The van der Waals surface area contributed by atoms with Crippen molar-refractivity contribution in [3.63, 3.8) is 0 Å². The van der Waals surface area contributed by atoms with Gasteiger partial charge in [0.2, 0.25) is 12.2 Å². The first-order chi connectivity index (χ1) is 5.35. The summed E-state index contributed by atoms with van der Waals surface area (Å²) >= 11 is 0. The van der Waals surface area contributed by atoms with Crippen molar-refractivity contribution >= 4 is 18.1 Å². The van der Waals surface area contributed by atoms with E-state index < -0.39 is 5.96 Å². The van der Waals surface area contributed by atoms with E-state index in [2.05, 4.69) is 20.0 Å². The zero-order valence-electron chi connectivity index (χ0n) is 5.77. The Morgan fingerprint density at radius 2 is 1.91 bits per heavy atom. The number of hydrogen-bond acceptors (Lipinski definition) is 4. The van der Waals surface area contributed by atoms with Gasteiger partial charge in [0.25, 0.3) is 0 Å². The molecule has 0 N–H and O–H groups in total. The van der Waals surface area contributed by atoms with Crippen molar-refractivity contribution in [1.29, 1.82) is 0 Å². The quantitative estimate of drug-likeness (QED) is 0.243. The fraction of sp³-hybridized carbons (Fsp3) is 0.400. The molecule has 0 fully saturated rings. The van der Waals surface area contributed by atoms with Gasteiger partial charge in [-0.2, -0.15) is 0 Å². The lowest BCUT2D eigenvalue weighted by Gasteiger charge is -1.88. The smallest absolute Gasteiger partial charge is 0.307 e. The summed E-state index contributed by atoms with van der Waals surface area (Å²) in [4.78, 5) is 29.6. The Balaban J connectivity index is 4.31. The Labute approximate surface area is 62.3 Å². The number of aliphatic imine (C=N–C) groups is 2. The summed E-state index contributed by atoms with van der Waals surface area (Å²) < 4.78 is 0. The van der Waals surface area contributed by atoms with E-state index in [1.807, 2.05) is 0 Å². The van der Waals surface area contributed by atoms with E-state index in [-0.39, 0.29) is 0 Å². The minimum atomic E-state index is -0.392. The summed E-state index contributed by atoms with van der Waals surface area (Å²) in [5.41, 5.74) is 0. The van der Waals surface area contributed by atoms with E-state index in [1.165, 1.54) is 0 Å². The first-order valence-corrected chi connectivity index (χ1v) is 2.70. The van der Waals surface area contributed by atoms with Gasteiger partial charge in [-0.15, -0.1) is 9.98 Å². The minimum Gasteiger partial charge on any atom is -0.393 e. The van der Waals surface area contributed by atoms with Crippen LogP contribution in [0.2, 0.25) is 0 Å². The molecule has 0 unspecified atom stereocenters. The Kier molecular flexibility index (Phi) is 5.33. The highest BCUT2D eigenvalue weighted by Gasteiger charge is 1.90. The van der Waals surface area contributed by atoms with E-state index in [4.69, 9.17) is 0 Å². The van der Waals surface area contributed by atoms with Crippen LogP contribution in [-0.4, -0.2) is 24.7 Å². The van der Waals surface area contributed by atoms with Crippen molar-refractivity contribution in [2.24, 2.45) is 15.1 Å². The third-order valence-electron chi connectivity index (χ3n) is 0.567. The Hall–Kier alpha value is -1.77. The second kappa shape index (κ2) is 6.35. The van der Waals surface area contributed by atoms with Crippen LogP contribution >= 0.6 is 0 Å². The van der Waals surface area contributed by atoms with Crippen molar-refractivity contribution in [2.45, 2.75) is 6.92 Å². The topological polar surface area (TPSA) is 80.5 Å². The third kappa shape index (κ3) is 4.72. The van der Waals surface area contributed by atoms with E-state index in [0.29, 0.717) is 6.61 Å². The molecule has 0 bridgehead atoms. The molecule has 6 heteroatoms. The maximum absolute atomic E-state index is 9.64. The first-order valence-electron chi connectivity index (χ1n) is 2.70. The van der Waals surface area contributed by atoms with Crippen LogP contribution in [0, 0.1) is 0 Å². The molecule has 0 aromatic rings. The Morgan fingerprint density at radius 3 is 2.27 bits per heavy atom. The molecule has 0 spiro atoms. The SMILES string of the molecule is CCON=C(N=C=O)N=C=O.